The van der Waals surface area contributed by atoms with Crippen LogP contribution in [0.25, 0.3) is 0 Å². The highest BCUT2D eigenvalue weighted by Crippen LogP contribution is 2.06. The molecule has 1 aromatic carbocycles. The summed E-state index contributed by atoms with van der Waals surface area (Å²) in [5.41, 5.74) is 2.44. The number of anilines is 1. The van der Waals surface area contributed by atoms with Crippen LogP contribution in [-0.4, -0.2) is 29.0 Å². The minimum absolute atomic E-state index is 0.146. The van der Waals surface area contributed by atoms with E-state index in [2.05, 4.69) is 46.6 Å². The van der Waals surface area contributed by atoms with Crippen molar-refractivity contribution in [3.63, 3.8) is 0 Å². The molecule has 0 saturated heterocycles. The molecule has 1 heterocycles. The molecule has 24 heavy (non-hydrogen) atoms. The molecule has 2 N–H and O–H groups in total. The van der Waals surface area contributed by atoms with Crippen LogP contribution in [0.4, 0.5) is 5.95 Å². The summed E-state index contributed by atoms with van der Waals surface area (Å²) >= 11 is 0. The predicted molar refractivity (Wildman–Crippen MR) is 97.2 cm³/mol. The van der Waals surface area contributed by atoms with E-state index in [9.17, 15) is 4.79 Å². The number of carbonyl (C=O) groups excluding carboxylic acids is 1. The summed E-state index contributed by atoms with van der Waals surface area (Å²) in [5, 5.41) is 6.11. The van der Waals surface area contributed by atoms with E-state index in [1.165, 1.54) is 5.56 Å². The van der Waals surface area contributed by atoms with Gasteiger partial charge in [0.25, 0.3) is 5.91 Å². The summed E-state index contributed by atoms with van der Waals surface area (Å²) < 4.78 is 0. The van der Waals surface area contributed by atoms with E-state index in [4.69, 9.17) is 0 Å². The van der Waals surface area contributed by atoms with Crippen molar-refractivity contribution in [1.29, 1.82) is 0 Å². The van der Waals surface area contributed by atoms with Gasteiger partial charge in [-0.05, 0) is 37.3 Å². The number of hydrogen-bond donors (Lipinski definition) is 2. The van der Waals surface area contributed by atoms with Crippen molar-refractivity contribution in [2.75, 3.05) is 18.4 Å². The fraction of sp³-hybridized carbons (Fsp3) is 0.421. The standard InChI is InChI=1S/C19H26N4O/c1-14(2)9-11-20-18(24)17-13-15(3)22-19(23-17)21-12-10-16-7-5-4-6-8-16/h4-8,13-14H,9-12H2,1-3H3,(H,20,24)(H,21,22,23). The van der Waals surface area contributed by atoms with Gasteiger partial charge in [-0.1, -0.05) is 44.2 Å². The molecule has 0 fully saturated rings. The molecule has 0 saturated carbocycles. The van der Waals surface area contributed by atoms with E-state index in [1.807, 2.05) is 25.1 Å². The molecule has 1 amide bonds. The van der Waals surface area contributed by atoms with Crippen LogP contribution in [0.15, 0.2) is 36.4 Å². The zero-order valence-corrected chi connectivity index (χ0v) is 14.7. The molecule has 0 aliphatic rings. The van der Waals surface area contributed by atoms with Gasteiger partial charge in [0, 0.05) is 18.8 Å². The van der Waals surface area contributed by atoms with Gasteiger partial charge in [0.1, 0.15) is 5.69 Å². The fourth-order valence-corrected chi connectivity index (χ4v) is 2.29. The maximum Gasteiger partial charge on any atom is 0.270 e. The number of nitrogens with zero attached hydrogens (tertiary/aromatic N) is 2. The largest absolute Gasteiger partial charge is 0.354 e. The van der Waals surface area contributed by atoms with E-state index >= 15 is 0 Å². The van der Waals surface area contributed by atoms with Gasteiger partial charge >= 0.3 is 0 Å². The van der Waals surface area contributed by atoms with Crippen molar-refractivity contribution in [1.82, 2.24) is 15.3 Å². The van der Waals surface area contributed by atoms with Gasteiger partial charge in [0.15, 0.2) is 0 Å². The predicted octanol–water partition coefficient (Wildman–Crippen LogP) is 3.22. The van der Waals surface area contributed by atoms with Gasteiger partial charge in [0.05, 0.1) is 0 Å². The summed E-state index contributed by atoms with van der Waals surface area (Å²) in [6.45, 7) is 7.53. The lowest BCUT2D eigenvalue weighted by molar-refractivity contribution is 0.0947. The number of nitrogens with one attached hydrogen (secondary N) is 2. The van der Waals surface area contributed by atoms with Crippen LogP contribution in [0.2, 0.25) is 0 Å². The van der Waals surface area contributed by atoms with Gasteiger partial charge in [-0.15, -0.1) is 0 Å². The van der Waals surface area contributed by atoms with Crippen molar-refractivity contribution >= 4 is 11.9 Å². The summed E-state index contributed by atoms with van der Waals surface area (Å²) in [6.07, 6.45) is 1.84. The minimum atomic E-state index is -0.146. The van der Waals surface area contributed by atoms with Crippen LogP contribution < -0.4 is 10.6 Å². The van der Waals surface area contributed by atoms with E-state index in [0.29, 0.717) is 24.1 Å². The Morgan fingerprint density at radius 1 is 1.12 bits per heavy atom. The molecule has 0 atom stereocenters. The van der Waals surface area contributed by atoms with Crippen molar-refractivity contribution in [3.05, 3.63) is 53.3 Å². The Bertz CT molecular complexity index is 656. The first-order valence-corrected chi connectivity index (χ1v) is 8.46. The number of rotatable bonds is 8. The smallest absolute Gasteiger partial charge is 0.270 e. The molecule has 0 radical (unpaired) electrons. The first kappa shape index (κ1) is 17.9. The maximum atomic E-state index is 12.2. The molecule has 0 aliphatic carbocycles. The third-order valence-electron chi connectivity index (χ3n) is 3.63. The molecule has 0 unspecified atom stereocenters. The van der Waals surface area contributed by atoms with Gasteiger partial charge < -0.3 is 10.6 Å². The Kier molecular flexibility index (Phi) is 6.73. The van der Waals surface area contributed by atoms with E-state index in [0.717, 1.165) is 25.1 Å². The van der Waals surface area contributed by atoms with Gasteiger partial charge in [-0.2, -0.15) is 0 Å². The van der Waals surface area contributed by atoms with Gasteiger partial charge in [-0.25, -0.2) is 9.97 Å². The van der Waals surface area contributed by atoms with Crippen LogP contribution >= 0.6 is 0 Å². The SMILES string of the molecule is Cc1cc(C(=O)NCCC(C)C)nc(NCCc2ccccc2)n1. The maximum absolute atomic E-state index is 12.2. The number of carbonyl (C=O) groups is 1. The molecule has 1 aromatic heterocycles. The second kappa shape index (κ2) is 9.01. The van der Waals surface area contributed by atoms with Crippen LogP contribution in [0.5, 0.6) is 0 Å². The van der Waals surface area contributed by atoms with Crippen molar-refractivity contribution < 1.29 is 4.79 Å². The van der Waals surface area contributed by atoms with Gasteiger partial charge in [0.2, 0.25) is 5.95 Å². The van der Waals surface area contributed by atoms with Gasteiger partial charge in [-0.3, -0.25) is 4.79 Å². The average molecular weight is 326 g/mol. The summed E-state index contributed by atoms with van der Waals surface area (Å²) in [4.78, 5) is 20.9. The average Bonchev–Trinajstić information content (AvgIpc) is 2.55. The lowest BCUT2D eigenvalue weighted by Crippen LogP contribution is -2.26. The minimum Gasteiger partial charge on any atom is -0.354 e. The molecule has 2 rings (SSSR count). The monoisotopic (exact) mass is 326 g/mol. The number of amides is 1. The number of hydrogen-bond acceptors (Lipinski definition) is 4. The topological polar surface area (TPSA) is 66.9 Å². The molecule has 0 spiro atoms. The van der Waals surface area contributed by atoms with E-state index < -0.39 is 0 Å². The van der Waals surface area contributed by atoms with Crippen LogP contribution in [-0.2, 0) is 6.42 Å². The molecule has 128 valence electrons. The Morgan fingerprint density at radius 3 is 2.58 bits per heavy atom. The quantitative estimate of drug-likeness (QED) is 0.781. The third kappa shape index (κ3) is 5.99. The van der Waals surface area contributed by atoms with Crippen molar-refractivity contribution in [3.8, 4) is 0 Å². The summed E-state index contributed by atoms with van der Waals surface area (Å²) in [7, 11) is 0. The highest BCUT2D eigenvalue weighted by Gasteiger charge is 2.10. The Balaban J connectivity index is 1.91. The summed E-state index contributed by atoms with van der Waals surface area (Å²) in [6, 6.07) is 12.0. The fourth-order valence-electron chi connectivity index (χ4n) is 2.29. The Labute approximate surface area is 143 Å². The second-order valence-corrected chi connectivity index (χ2v) is 6.32. The third-order valence-corrected chi connectivity index (χ3v) is 3.63. The lowest BCUT2D eigenvalue weighted by atomic mass is 10.1. The van der Waals surface area contributed by atoms with Crippen LogP contribution in [0, 0.1) is 12.8 Å². The highest BCUT2D eigenvalue weighted by molar-refractivity contribution is 5.92. The number of aryl methyl sites for hydroxylation is 1. The first-order valence-electron chi connectivity index (χ1n) is 8.46. The second-order valence-electron chi connectivity index (χ2n) is 6.32. The zero-order chi connectivity index (χ0) is 17.4. The molecule has 0 bridgehead atoms. The molecule has 2 aromatic rings. The normalized spacial score (nSPS) is 10.7. The van der Waals surface area contributed by atoms with E-state index in [1.54, 1.807) is 6.07 Å². The Hall–Kier alpha value is -2.43. The molecule has 5 nitrogen and oxygen atoms in total. The molecule has 5 heteroatoms. The zero-order valence-electron chi connectivity index (χ0n) is 14.7. The summed E-state index contributed by atoms with van der Waals surface area (Å²) in [5.74, 6) is 0.917. The lowest BCUT2D eigenvalue weighted by Gasteiger charge is -2.10. The van der Waals surface area contributed by atoms with Crippen molar-refractivity contribution in [2.45, 2.75) is 33.6 Å². The Morgan fingerprint density at radius 2 is 1.88 bits per heavy atom. The number of benzene rings is 1. The molecular weight excluding hydrogens is 300 g/mol. The number of aromatic nitrogens is 2. The van der Waals surface area contributed by atoms with Crippen LogP contribution in [0.1, 0.15) is 42.0 Å². The van der Waals surface area contributed by atoms with Crippen LogP contribution in [0.3, 0.4) is 0 Å². The first-order chi connectivity index (χ1) is 11.5. The highest BCUT2D eigenvalue weighted by atomic mass is 16.1. The molecule has 0 aliphatic heterocycles. The van der Waals surface area contributed by atoms with E-state index in [-0.39, 0.29) is 5.91 Å². The van der Waals surface area contributed by atoms with Crippen molar-refractivity contribution in [2.24, 2.45) is 5.92 Å². The molecular formula is C19H26N4O.